The van der Waals surface area contributed by atoms with Gasteiger partial charge in [-0.15, -0.1) is 0 Å². The Morgan fingerprint density at radius 1 is 1.33 bits per heavy atom. The van der Waals surface area contributed by atoms with E-state index in [0.29, 0.717) is 25.6 Å². The van der Waals surface area contributed by atoms with E-state index in [1.165, 1.54) is 5.56 Å². The number of rotatable bonds is 8. The largest absolute Gasteiger partial charge is 0.377 e. The highest BCUT2D eigenvalue weighted by atomic mass is 16.7. The normalized spacial score (nSPS) is 25.1. The summed E-state index contributed by atoms with van der Waals surface area (Å²) in [5.41, 5.74) is 1.18. The van der Waals surface area contributed by atoms with Gasteiger partial charge in [-0.1, -0.05) is 30.3 Å². The average Bonchev–Trinajstić information content (AvgIpc) is 2.86. The summed E-state index contributed by atoms with van der Waals surface area (Å²) in [6, 6.07) is 10.1. The minimum absolute atomic E-state index is 0.0345. The zero-order chi connectivity index (χ0) is 15.1. The molecule has 1 aliphatic rings. The second-order valence-electron chi connectivity index (χ2n) is 5.57. The average molecular weight is 292 g/mol. The van der Waals surface area contributed by atoms with Crippen molar-refractivity contribution in [3.63, 3.8) is 0 Å². The first-order chi connectivity index (χ1) is 10.2. The molecule has 1 saturated heterocycles. The van der Waals surface area contributed by atoms with E-state index in [9.17, 15) is 4.79 Å². The first kappa shape index (κ1) is 16.1. The molecule has 21 heavy (non-hydrogen) atoms. The number of carbonyl (C=O) groups excluding carboxylic acids is 1. The van der Waals surface area contributed by atoms with Crippen LogP contribution in [0.15, 0.2) is 30.3 Å². The fourth-order valence-corrected chi connectivity index (χ4v) is 2.71. The Morgan fingerprint density at radius 3 is 2.76 bits per heavy atom. The molecule has 0 radical (unpaired) electrons. The Hall–Kier alpha value is -1.23. The van der Waals surface area contributed by atoms with E-state index >= 15 is 0 Å². The summed E-state index contributed by atoms with van der Waals surface area (Å²) in [6.07, 6.45) is 1.97. The number of methoxy groups -OCH3 is 1. The molecule has 0 aliphatic carbocycles. The Bertz CT molecular complexity index is 432. The predicted octanol–water partition coefficient (Wildman–Crippen LogP) is 2.95. The maximum absolute atomic E-state index is 11.3. The van der Waals surface area contributed by atoms with Gasteiger partial charge < -0.3 is 14.2 Å². The smallest absolute Gasteiger partial charge is 0.157 e. The van der Waals surface area contributed by atoms with Crippen LogP contribution in [0.3, 0.4) is 0 Å². The molecule has 0 saturated carbocycles. The van der Waals surface area contributed by atoms with Crippen LogP contribution in [0.4, 0.5) is 0 Å². The van der Waals surface area contributed by atoms with Crippen LogP contribution in [0.1, 0.15) is 31.7 Å². The molecule has 1 aromatic carbocycles. The van der Waals surface area contributed by atoms with Crippen molar-refractivity contribution in [3.8, 4) is 0 Å². The Morgan fingerprint density at radius 2 is 2.10 bits per heavy atom. The lowest BCUT2D eigenvalue weighted by Crippen LogP contribution is -2.21. The molecule has 3 atom stereocenters. The molecule has 116 valence electrons. The van der Waals surface area contributed by atoms with Gasteiger partial charge in [-0.05, 0) is 24.8 Å². The highest BCUT2D eigenvalue weighted by molar-refractivity contribution is 5.76. The van der Waals surface area contributed by atoms with Crippen molar-refractivity contribution < 1.29 is 19.0 Å². The maximum atomic E-state index is 11.3. The first-order valence-corrected chi connectivity index (χ1v) is 7.48. The summed E-state index contributed by atoms with van der Waals surface area (Å²) >= 11 is 0. The van der Waals surface area contributed by atoms with Crippen LogP contribution in [-0.4, -0.2) is 31.9 Å². The summed E-state index contributed by atoms with van der Waals surface area (Å²) in [5.74, 6) is 0.488. The molecule has 0 amide bonds. The van der Waals surface area contributed by atoms with Crippen molar-refractivity contribution >= 4 is 5.78 Å². The Kier molecular flexibility index (Phi) is 6.36. The number of ether oxygens (including phenoxy) is 3. The van der Waals surface area contributed by atoms with Crippen molar-refractivity contribution in [2.45, 2.75) is 45.2 Å². The van der Waals surface area contributed by atoms with Gasteiger partial charge in [0.2, 0.25) is 0 Å². The molecule has 1 unspecified atom stereocenters. The van der Waals surface area contributed by atoms with Gasteiger partial charge in [0.05, 0.1) is 12.7 Å². The SMILES string of the molecule is COC1C[C@H](CCOCc2ccccc2)[C@@H](CC(C)=O)O1. The van der Waals surface area contributed by atoms with Gasteiger partial charge in [0.25, 0.3) is 0 Å². The van der Waals surface area contributed by atoms with Crippen LogP contribution in [0.2, 0.25) is 0 Å². The second-order valence-corrected chi connectivity index (χ2v) is 5.57. The maximum Gasteiger partial charge on any atom is 0.157 e. The lowest BCUT2D eigenvalue weighted by molar-refractivity contribution is -0.131. The van der Waals surface area contributed by atoms with Gasteiger partial charge in [0.15, 0.2) is 6.29 Å². The summed E-state index contributed by atoms with van der Waals surface area (Å²) in [6.45, 7) is 2.90. The van der Waals surface area contributed by atoms with E-state index in [1.807, 2.05) is 18.2 Å². The number of hydrogen-bond acceptors (Lipinski definition) is 4. The molecule has 4 nitrogen and oxygen atoms in total. The molecule has 4 heteroatoms. The van der Waals surface area contributed by atoms with Crippen molar-refractivity contribution in [3.05, 3.63) is 35.9 Å². The number of carbonyl (C=O) groups is 1. The van der Waals surface area contributed by atoms with Crippen molar-refractivity contribution in [2.75, 3.05) is 13.7 Å². The van der Waals surface area contributed by atoms with Crippen LogP contribution in [-0.2, 0) is 25.6 Å². The van der Waals surface area contributed by atoms with Crippen LogP contribution in [0, 0.1) is 5.92 Å². The second kappa shape index (κ2) is 8.27. The molecular formula is C17H24O4. The highest BCUT2D eigenvalue weighted by Gasteiger charge is 2.35. The summed E-state index contributed by atoms with van der Waals surface area (Å²) in [5, 5.41) is 0. The van der Waals surface area contributed by atoms with Gasteiger partial charge in [0, 0.05) is 26.6 Å². The Balaban J connectivity index is 1.73. The number of Topliss-reactive ketones (excluding diaryl/α,β-unsaturated/α-hetero) is 1. The van der Waals surface area contributed by atoms with Gasteiger partial charge in [-0.3, -0.25) is 4.79 Å². The number of ketones is 1. The molecule has 1 aliphatic heterocycles. The van der Waals surface area contributed by atoms with E-state index in [-0.39, 0.29) is 18.2 Å². The van der Waals surface area contributed by atoms with E-state index in [1.54, 1.807) is 14.0 Å². The highest BCUT2D eigenvalue weighted by Crippen LogP contribution is 2.31. The van der Waals surface area contributed by atoms with Crippen molar-refractivity contribution in [1.29, 1.82) is 0 Å². The fourth-order valence-electron chi connectivity index (χ4n) is 2.71. The molecule has 1 aromatic rings. The minimum Gasteiger partial charge on any atom is -0.377 e. The molecule has 0 spiro atoms. The quantitative estimate of drug-likeness (QED) is 0.691. The minimum atomic E-state index is -0.187. The third kappa shape index (κ3) is 5.23. The molecule has 1 fully saturated rings. The molecule has 2 rings (SSSR count). The van der Waals surface area contributed by atoms with Crippen molar-refractivity contribution in [2.24, 2.45) is 5.92 Å². The van der Waals surface area contributed by atoms with E-state index in [0.717, 1.165) is 12.8 Å². The summed E-state index contributed by atoms with van der Waals surface area (Å²) < 4.78 is 16.7. The van der Waals surface area contributed by atoms with Crippen LogP contribution in [0.25, 0.3) is 0 Å². The summed E-state index contributed by atoms with van der Waals surface area (Å²) in [4.78, 5) is 11.3. The van der Waals surface area contributed by atoms with E-state index in [2.05, 4.69) is 12.1 Å². The number of hydrogen-bond donors (Lipinski definition) is 0. The monoisotopic (exact) mass is 292 g/mol. The molecule has 0 N–H and O–H groups in total. The zero-order valence-electron chi connectivity index (χ0n) is 12.8. The molecule has 1 heterocycles. The van der Waals surface area contributed by atoms with Crippen LogP contribution < -0.4 is 0 Å². The fraction of sp³-hybridized carbons (Fsp3) is 0.588. The van der Waals surface area contributed by atoms with Gasteiger partial charge in [0.1, 0.15) is 5.78 Å². The van der Waals surface area contributed by atoms with E-state index in [4.69, 9.17) is 14.2 Å². The standard InChI is InChI=1S/C17H24O4/c1-13(18)10-16-15(11-17(19-2)21-16)8-9-20-12-14-6-4-3-5-7-14/h3-7,15-17H,8-12H2,1-2H3/t15-,16+,17?/m0/s1. The predicted molar refractivity (Wildman–Crippen MR) is 79.8 cm³/mol. The lowest BCUT2D eigenvalue weighted by atomic mass is 9.94. The van der Waals surface area contributed by atoms with Crippen LogP contribution >= 0.6 is 0 Å². The topological polar surface area (TPSA) is 44.8 Å². The van der Waals surface area contributed by atoms with Gasteiger partial charge in [-0.2, -0.15) is 0 Å². The molecule has 0 aromatic heterocycles. The van der Waals surface area contributed by atoms with E-state index < -0.39 is 0 Å². The molecule has 0 bridgehead atoms. The van der Waals surface area contributed by atoms with Gasteiger partial charge in [-0.25, -0.2) is 0 Å². The molecular weight excluding hydrogens is 268 g/mol. The number of benzene rings is 1. The zero-order valence-corrected chi connectivity index (χ0v) is 12.8. The first-order valence-electron chi connectivity index (χ1n) is 7.48. The lowest BCUT2D eigenvalue weighted by Gasteiger charge is -2.16. The van der Waals surface area contributed by atoms with Crippen molar-refractivity contribution in [1.82, 2.24) is 0 Å². The summed E-state index contributed by atoms with van der Waals surface area (Å²) in [7, 11) is 1.64. The Labute approximate surface area is 126 Å². The third-order valence-electron chi connectivity index (χ3n) is 3.84. The van der Waals surface area contributed by atoms with Gasteiger partial charge >= 0.3 is 0 Å². The third-order valence-corrected chi connectivity index (χ3v) is 3.84. The van der Waals surface area contributed by atoms with Crippen LogP contribution in [0.5, 0.6) is 0 Å².